The summed E-state index contributed by atoms with van der Waals surface area (Å²) in [5, 5.41) is 13.4. The van der Waals surface area contributed by atoms with Gasteiger partial charge in [0, 0.05) is 25.0 Å². The van der Waals surface area contributed by atoms with Crippen molar-refractivity contribution >= 4 is 21.7 Å². The maximum Gasteiger partial charge on any atom is 0.417 e. The molecule has 9 nitrogen and oxygen atoms in total. The molecule has 196 valence electrons. The normalized spacial score (nSPS) is 18.9. The summed E-state index contributed by atoms with van der Waals surface area (Å²) in [6.07, 6.45) is -4.71. The van der Waals surface area contributed by atoms with Crippen molar-refractivity contribution in [2.75, 3.05) is 18.4 Å². The van der Waals surface area contributed by atoms with Crippen LogP contribution in [0.25, 0.3) is 11.1 Å². The number of alkyl halides is 3. The van der Waals surface area contributed by atoms with Crippen molar-refractivity contribution in [1.82, 2.24) is 14.3 Å². The smallest absolute Gasteiger partial charge is 0.390 e. The number of primary amides is 1. The molecule has 1 aromatic carbocycles. The first-order chi connectivity index (χ1) is 17.3. The largest absolute Gasteiger partial charge is 0.417 e. The number of aliphatic hydroxyl groups is 1. The lowest BCUT2D eigenvalue weighted by atomic mass is 10.0. The average molecular weight is 536 g/mol. The Balaban J connectivity index is 1.44. The van der Waals surface area contributed by atoms with Gasteiger partial charge in [0.15, 0.2) is 0 Å². The molecule has 4 N–H and O–H groups in total. The molecular formula is C24H24F3N5O4S. The van der Waals surface area contributed by atoms with E-state index in [9.17, 15) is 31.5 Å². The lowest BCUT2D eigenvalue weighted by Gasteiger charge is -2.35. The van der Waals surface area contributed by atoms with Crippen LogP contribution >= 0.6 is 0 Å². The van der Waals surface area contributed by atoms with E-state index in [2.05, 4.69) is 15.3 Å². The molecule has 1 amide bonds. The van der Waals surface area contributed by atoms with E-state index in [4.69, 9.17) is 5.73 Å². The Labute approximate surface area is 211 Å². The highest BCUT2D eigenvalue weighted by Gasteiger charge is 2.35. The number of carbonyl (C=O) groups excluding carboxylic acids is 1. The minimum absolute atomic E-state index is 0.0279. The quantitative estimate of drug-likeness (QED) is 0.441. The number of pyridine rings is 2. The monoisotopic (exact) mass is 535 g/mol. The number of aromatic nitrogens is 2. The number of carbonyl (C=O) groups is 1. The highest BCUT2D eigenvalue weighted by Crippen LogP contribution is 2.30. The fourth-order valence-electron chi connectivity index (χ4n) is 4.06. The van der Waals surface area contributed by atoms with Gasteiger partial charge in [0.2, 0.25) is 10.0 Å². The molecule has 0 spiro atoms. The van der Waals surface area contributed by atoms with Crippen LogP contribution in [0, 0.1) is 6.92 Å². The van der Waals surface area contributed by atoms with Crippen LogP contribution < -0.4 is 11.1 Å². The lowest BCUT2D eigenvalue weighted by molar-refractivity contribution is -0.137. The van der Waals surface area contributed by atoms with Crippen LogP contribution in [0.4, 0.5) is 19.0 Å². The summed E-state index contributed by atoms with van der Waals surface area (Å²) in [6.45, 7) is 1.60. The van der Waals surface area contributed by atoms with Crippen molar-refractivity contribution in [2.45, 2.75) is 36.6 Å². The molecule has 3 aromatic rings. The maximum atomic E-state index is 13.2. The second-order valence-corrected chi connectivity index (χ2v) is 10.6. The molecule has 1 saturated heterocycles. The molecule has 1 fully saturated rings. The third-order valence-corrected chi connectivity index (χ3v) is 7.88. The molecule has 4 rings (SSSR count). The summed E-state index contributed by atoms with van der Waals surface area (Å²) in [6, 6.07) is 10.8. The van der Waals surface area contributed by atoms with Gasteiger partial charge in [0.1, 0.15) is 11.5 Å². The summed E-state index contributed by atoms with van der Waals surface area (Å²) in [7, 11) is -3.92. The Bertz CT molecular complexity index is 1400. The van der Waals surface area contributed by atoms with Gasteiger partial charge in [-0.05, 0) is 60.9 Å². The minimum atomic E-state index is -4.51. The number of hydrogen-bond donors (Lipinski definition) is 3. The van der Waals surface area contributed by atoms with E-state index in [1.165, 1.54) is 18.2 Å². The second kappa shape index (κ2) is 10.1. The zero-order valence-corrected chi connectivity index (χ0v) is 20.4. The van der Waals surface area contributed by atoms with Gasteiger partial charge in [-0.1, -0.05) is 12.1 Å². The number of halogens is 3. The summed E-state index contributed by atoms with van der Waals surface area (Å²) in [4.78, 5) is 19.3. The fourth-order valence-corrected chi connectivity index (χ4v) is 5.53. The Kier molecular flexibility index (Phi) is 7.22. The minimum Gasteiger partial charge on any atom is -0.390 e. The SMILES string of the molecule is Cc1cc(-c2ccc(S(=O)(=O)N3CC[C@@H](Nc4ccc(C(F)(F)F)cn4)[C@@H](O)C3)cc2)cc(C(N)=O)n1. The first kappa shape index (κ1) is 26.5. The molecule has 1 aliphatic heterocycles. The number of β-amino-alcohol motifs (C(OH)–C–C–N with tert-alkyl or cyclic N) is 1. The Morgan fingerprint density at radius 1 is 1.14 bits per heavy atom. The molecule has 0 unspecified atom stereocenters. The number of nitrogens with two attached hydrogens (primary N) is 1. The van der Waals surface area contributed by atoms with Gasteiger partial charge in [-0.25, -0.2) is 18.4 Å². The molecule has 2 atom stereocenters. The molecular weight excluding hydrogens is 511 g/mol. The number of hydrogen-bond acceptors (Lipinski definition) is 7. The number of aliphatic hydroxyl groups excluding tert-OH is 1. The molecule has 3 heterocycles. The lowest BCUT2D eigenvalue weighted by Crippen LogP contribution is -2.51. The van der Waals surface area contributed by atoms with Crippen LogP contribution in [0.2, 0.25) is 0 Å². The summed E-state index contributed by atoms with van der Waals surface area (Å²) in [5.74, 6) is -0.524. The van der Waals surface area contributed by atoms with Gasteiger partial charge in [0.05, 0.1) is 22.6 Å². The fraction of sp³-hybridized carbons (Fsp3) is 0.292. The molecule has 13 heteroatoms. The molecule has 0 aliphatic carbocycles. The predicted molar refractivity (Wildman–Crippen MR) is 129 cm³/mol. The highest BCUT2D eigenvalue weighted by atomic mass is 32.2. The van der Waals surface area contributed by atoms with Gasteiger partial charge in [-0.15, -0.1) is 0 Å². The van der Waals surface area contributed by atoms with Gasteiger partial charge in [-0.2, -0.15) is 17.5 Å². The Hall–Kier alpha value is -3.55. The summed E-state index contributed by atoms with van der Waals surface area (Å²) < 4.78 is 65.7. The zero-order valence-electron chi connectivity index (χ0n) is 19.6. The van der Waals surface area contributed by atoms with Crippen molar-refractivity contribution < 1.29 is 31.5 Å². The number of piperidine rings is 1. The first-order valence-electron chi connectivity index (χ1n) is 11.2. The van der Waals surface area contributed by atoms with Crippen LogP contribution in [0.3, 0.4) is 0 Å². The number of rotatable bonds is 6. The van der Waals surface area contributed by atoms with Crippen molar-refractivity contribution in [1.29, 1.82) is 0 Å². The van der Waals surface area contributed by atoms with E-state index in [1.54, 1.807) is 25.1 Å². The summed E-state index contributed by atoms with van der Waals surface area (Å²) >= 11 is 0. The topological polar surface area (TPSA) is 139 Å². The average Bonchev–Trinajstić information content (AvgIpc) is 2.84. The van der Waals surface area contributed by atoms with Crippen LogP contribution in [-0.4, -0.2) is 58.9 Å². The third-order valence-electron chi connectivity index (χ3n) is 6.00. The number of aryl methyl sites for hydroxylation is 1. The van der Waals surface area contributed by atoms with E-state index < -0.39 is 39.8 Å². The predicted octanol–water partition coefficient (Wildman–Crippen LogP) is 2.81. The number of benzene rings is 1. The van der Waals surface area contributed by atoms with E-state index in [0.29, 0.717) is 23.0 Å². The molecule has 1 aliphatic rings. The van der Waals surface area contributed by atoms with Crippen molar-refractivity contribution in [3.05, 3.63) is 71.7 Å². The number of sulfonamides is 1. The standard InChI is InChI=1S/C24H24F3N5O4S/c1-14-10-16(11-20(30-14)23(28)34)15-2-5-18(6-3-15)37(35,36)32-9-8-19(21(33)13-32)31-22-7-4-17(12-29-22)24(25,26)27/h2-7,10-12,19,21,33H,8-9,13H2,1H3,(H2,28,34)(H,29,31)/t19-,21+/m1/s1. The number of amides is 1. The van der Waals surface area contributed by atoms with Crippen LogP contribution in [0.5, 0.6) is 0 Å². The number of nitrogens with zero attached hydrogens (tertiary/aromatic N) is 3. The van der Waals surface area contributed by atoms with Gasteiger partial charge < -0.3 is 16.2 Å². The van der Waals surface area contributed by atoms with Crippen molar-refractivity contribution in [3.63, 3.8) is 0 Å². The Morgan fingerprint density at radius 2 is 1.84 bits per heavy atom. The molecule has 0 bridgehead atoms. The molecule has 2 aromatic heterocycles. The van der Waals surface area contributed by atoms with E-state index in [1.807, 2.05) is 0 Å². The highest BCUT2D eigenvalue weighted by molar-refractivity contribution is 7.89. The van der Waals surface area contributed by atoms with E-state index in [0.717, 1.165) is 16.4 Å². The van der Waals surface area contributed by atoms with Crippen LogP contribution in [0.1, 0.15) is 28.2 Å². The van der Waals surface area contributed by atoms with Crippen molar-refractivity contribution in [3.8, 4) is 11.1 Å². The van der Waals surface area contributed by atoms with Gasteiger partial charge in [0.25, 0.3) is 5.91 Å². The zero-order chi connectivity index (χ0) is 27.0. The maximum absolute atomic E-state index is 13.2. The third kappa shape index (κ3) is 5.89. The van der Waals surface area contributed by atoms with Gasteiger partial charge >= 0.3 is 6.18 Å². The molecule has 0 radical (unpaired) electrons. The van der Waals surface area contributed by atoms with Gasteiger partial charge in [-0.3, -0.25) is 4.79 Å². The first-order valence-corrected chi connectivity index (χ1v) is 12.7. The van der Waals surface area contributed by atoms with Crippen LogP contribution in [-0.2, 0) is 16.2 Å². The number of anilines is 1. The Morgan fingerprint density at radius 3 is 2.41 bits per heavy atom. The summed E-state index contributed by atoms with van der Waals surface area (Å²) in [5.41, 5.74) is 6.44. The van der Waals surface area contributed by atoms with Crippen LogP contribution in [0.15, 0.2) is 59.6 Å². The van der Waals surface area contributed by atoms with Crippen molar-refractivity contribution in [2.24, 2.45) is 5.73 Å². The molecule has 0 saturated carbocycles. The molecule has 37 heavy (non-hydrogen) atoms. The second-order valence-electron chi connectivity index (χ2n) is 8.67. The van der Waals surface area contributed by atoms with E-state index in [-0.39, 0.29) is 35.9 Å². The van der Waals surface area contributed by atoms with E-state index >= 15 is 0 Å². The number of nitrogens with one attached hydrogen (secondary N) is 1.